The summed E-state index contributed by atoms with van der Waals surface area (Å²) in [5.74, 6) is -1.11. The van der Waals surface area contributed by atoms with Crippen LogP contribution in [0.15, 0.2) is 36.4 Å². The Labute approximate surface area is 145 Å². The van der Waals surface area contributed by atoms with Gasteiger partial charge in [0.1, 0.15) is 11.6 Å². The van der Waals surface area contributed by atoms with E-state index < -0.39 is 0 Å². The molecule has 0 bridgehead atoms. The van der Waals surface area contributed by atoms with Crippen LogP contribution >= 0.6 is 12.4 Å². The van der Waals surface area contributed by atoms with E-state index in [0.717, 1.165) is 11.1 Å². The summed E-state index contributed by atoms with van der Waals surface area (Å²) in [4.78, 5) is 12.4. The number of carbonyl (C=O) groups excluding carboxylic acids is 1. The van der Waals surface area contributed by atoms with Crippen molar-refractivity contribution in [3.8, 4) is 0 Å². The second-order valence-electron chi connectivity index (χ2n) is 5.78. The van der Waals surface area contributed by atoms with Crippen molar-refractivity contribution in [2.24, 2.45) is 5.73 Å². The van der Waals surface area contributed by atoms with Gasteiger partial charge in [-0.15, -0.1) is 12.4 Å². The van der Waals surface area contributed by atoms with Crippen molar-refractivity contribution in [1.82, 2.24) is 5.32 Å². The summed E-state index contributed by atoms with van der Waals surface area (Å²) < 4.78 is 27.1. The van der Waals surface area contributed by atoms with Gasteiger partial charge < -0.3 is 11.1 Å². The molecule has 0 spiro atoms. The Morgan fingerprint density at radius 1 is 1.21 bits per heavy atom. The Kier molecular flexibility index (Phi) is 5.91. The Morgan fingerprint density at radius 3 is 2.71 bits per heavy atom. The molecule has 128 valence electrons. The third-order valence-electron chi connectivity index (χ3n) is 4.31. The van der Waals surface area contributed by atoms with Crippen LogP contribution in [0, 0.1) is 11.6 Å². The Bertz CT molecular complexity index is 752. The minimum absolute atomic E-state index is 0. The molecule has 0 radical (unpaired) electrons. The van der Waals surface area contributed by atoms with E-state index in [1.807, 2.05) is 0 Å². The first-order valence-corrected chi connectivity index (χ1v) is 7.62. The standard InChI is InChI=1S/C18H18F2N2O.ClH/c19-14-4-6-15-12(8-14)3-5-16(15)18(23)22-10-13-2-1-11(9-21)7-17(13)20;/h1-2,4,6-8,16H,3,5,9-10,21H2,(H,22,23);1H/t16-;/m1./s1. The number of amides is 1. The first-order valence-electron chi connectivity index (χ1n) is 7.62. The molecule has 0 fully saturated rings. The number of halogens is 3. The third kappa shape index (κ3) is 3.74. The number of nitrogens with one attached hydrogen (secondary N) is 1. The van der Waals surface area contributed by atoms with E-state index in [9.17, 15) is 13.6 Å². The maximum Gasteiger partial charge on any atom is 0.227 e. The van der Waals surface area contributed by atoms with Crippen molar-refractivity contribution in [3.63, 3.8) is 0 Å². The minimum Gasteiger partial charge on any atom is -0.351 e. The number of aryl methyl sites for hydroxylation is 1. The summed E-state index contributed by atoms with van der Waals surface area (Å²) in [7, 11) is 0. The molecule has 1 amide bonds. The molecule has 24 heavy (non-hydrogen) atoms. The molecule has 1 atom stereocenters. The summed E-state index contributed by atoms with van der Waals surface area (Å²) >= 11 is 0. The van der Waals surface area contributed by atoms with E-state index in [1.165, 1.54) is 18.2 Å². The number of hydrogen-bond acceptors (Lipinski definition) is 2. The van der Waals surface area contributed by atoms with Gasteiger partial charge in [0, 0.05) is 18.7 Å². The van der Waals surface area contributed by atoms with Crippen molar-refractivity contribution in [3.05, 3.63) is 70.3 Å². The van der Waals surface area contributed by atoms with Crippen LogP contribution in [-0.4, -0.2) is 5.91 Å². The first-order chi connectivity index (χ1) is 11.1. The highest BCUT2D eigenvalue weighted by Crippen LogP contribution is 2.33. The number of benzene rings is 2. The normalized spacial score (nSPS) is 15.5. The van der Waals surface area contributed by atoms with Crippen molar-refractivity contribution in [1.29, 1.82) is 0 Å². The second-order valence-corrected chi connectivity index (χ2v) is 5.78. The third-order valence-corrected chi connectivity index (χ3v) is 4.31. The molecule has 3 nitrogen and oxygen atoms in total. The fraction of sp³-hybridized carbons (Fsp3) is 0.278. The lowest BCUT2D eigenvalue weighted by molar-refractivity contribution is -0.122. The van der Waals surface area contributed by atoms with Crippen molar-refractivity contribution in [2.45, 2.75) is 31.8 Å². The number of carbonyl (C=O) groups is 1. The number of fused-ring (bicyclic) bond motifs is 1. The van der Waals surface area contributed by atoms with Crippen LogP contribution in [0.5, 0.6) is 0 Å². The minimum atomic E-state index is -0.373. The molecule has 1 aliphatic carbocycles. The molecule has 1 aliphatic rings. The summed E-state index contributed by atoms with van der Waals surface area (Å²) in [5.41, 5.74) is 8.34. The maximum absolute atomic E-state index is 13.9. The molecule has 0 aliphatic heterocycles. The van der Waals surface area contributed by atoms with Crippen LogP contribution in [0.25, 0.3) is 0 Å². The zero-order valence-corrected chi connectivity index (χ0v) is 13.8. The molecule has 2 aromatic carbocycles. The average molecular weight is 353 g/mol. The predicted molar refractivity (Wildman–Crippen MR) is 90.8 cm³/mol. The van der Waals surface area contributed by atoms with Gasteiger partial charge in [0.2, 0.25) is 5.91 Å². The van der Waals surface area contributed by atoms with Gasteiger partial charge in [-0.1, -0.05) is 18.2 Å². The largest absolute Gasteiger partial charge is 0.351 e. The Hall–Kier alpha value is -1.98. The molecule has 0 unspecified atom stereocenters. The molecule has 6 heteroatoms. The smallest absolute Gasteiger partial charge is 0.227 e. The van der Waals surface area contributed by atoms with E-state index in [2.05, 4.69) is 5.32 Å². The molecule has 3 N–H and O–H groups in total. The SMILES string of the molecule is Cl.NCc1ccc(CNC(=O)[C@@H]2CCc3cc(F)ccc32)c(F)c1. The van der Waals surface area contributed by atoms with E-state index in [1.54, 1.807) is 18.2 Å². The zero-order chi connectivity index (χ0) is 16.4. The van der Waals surface area contributed by atoms with Gasteiger partial charge in [-0.3, -0.25) is 4.79 Å². The Morgan fingerprint density at radius 2 is 2.00 bits per heavy atom. The van der Waals surface area contributed by atoms with Crippen LogP contribution in [0.2, 0.25) is 0 Å². The van der Waals surface area contributed by atoms with Crippen LogP contribution < -0.4 is 11.1 Å². The highest BCUT2D eigenvalue weighted by molar-refractivity contribution is 5.85. The van der Waals surface area contributed by atoms with E-state index in [-0.39, 0.29) is 49.0 Å². The highest BCUT2D eigenvalue weighted by atomic mass is 35.5. The van der Waals surface area contributed by atoms with Gasteiger partial charge in [-0.05, 0) is 47.7 Å². The molecular formula is C18H19ClF2N2O. The molecular weight excluding hydrogens is 334 g/mol. The number of nitrogens with two attached hydrogens (primary N) is 1. The van der Waals surface area contributed by atoms with E-state index in [4.69, 9.17) is 5.73 Å². The lowest BCUT2D eigenvalue weighted by Gasteiger charge is -2.13. The van der Waals surface area contributed by atoms with E-state index >= 15 is 0 Å². The second kappa shape index (κ2) is 7.73. The van der Waals surface area contributed by atoms with Gasteiger partial charge in [-0.25, -0.2) is 8.78 Å². The first kappa shape index (κ1) is 18.4. The summed E-state index contributed by atoms with van der Waals surface area (Å²) in [5, 5.41) is 2.77. The topological polar surface area (TPSA) is 55.1 Å². The fourth-order valence-electron chi connectivity index (χ4n) is 3.03. The van der Waals surface area contributed by atoms with Crippen LogP contribution in [0.1, 0.15) is 34.6 Å². The summed E-state index contributed by atoms with van der Waals surface area (Å²) in [6.45, 7) is 0.404. The molecule has 0 saturated carbocycles. The van der Waals surface area contributed by atoms with Crippen molar-refractivity contribution < 1.29 is 13.6 Å². The molecule has 0 heterocycles. The number of rotatable bonds is 4. The maximum atomic E-state index is 13.9. The monoisotopic (exact) mass is 352 g/mol. The summed E-state index contributed by atoms with van der Waals surface area (Å²) in [6, 6.07) is 9.28. The lowest BCUT2D eigenvalue weighted by Crippen LogP contribution is -2.28. The molecule has 2 aromatic rings. The Balaban J connectivity index is 0.00000208. The molecule has 0 saturated heterocycles. The van der Waals surface area contributed by atoms with Gasteiger partial charge >= 0.3 is 0 Å². The van der Waals surface area contributed by atoms with Gasteiger partial charge in [0.05, 0.1) is 5.92 Å². The zero-order valence-electron chi connectivity index (χ0n) is 13.0. The highest BCUT2D eigenvalue weighted by Gasteiger charge is 2.28. The number of hydrogen-bond donors (Lipinski definition) is 2. The van der Waals surface area contributed by atoms with Gasteiger partial charge in [0.25, 0.3) is 0 Å². The predicted octanol–water partition coefficient (Wildman–Crippen LogP) is 3.19. The quantitative estimate of drug-likeness (QED) is 0.887. The average Bonchev–Trinajstić information content (AvgIpc) is 2.96. The van der Waals surface area contributed by atoms with Crippen molar-refractivity contribution in [2.75, 3.05) is 0 Å². The summed E-state index contributed by atoms with van der Waals surface area (Å²) in [6.07, 6.45) is 1.34. The molecule has 0 aromatic heterocycles. The van der Waals surface area contributed by atoms with E-state index in [0.29, 0.717) is 24.0 Å². The van der Waals surface area contributed by atoms with Gasteiger partial charge in [-0.2, -0.15) is 0 Å². The van der Waals surface area contributed by atoms with Crippen LogP contribution in [-0.2, 0) is 24.3 Å². The fourth-order valence-corrected chi connectivity index (χ4v) is 3.03. The van der Waals surface area contributed by atoms with Crippen LogP contribution in [0.3, 0.4) is 0 Å². The lowest BCUT2D eigenvalue weighted by atomic mass is 10.0. The van der Waals surface area contributed by atoms with Crippen molar-refractivity contribution >= 4 is 18.3 Å². The van der Waals surface area contributed by atoms with Crippen LogP contribution in [0.4, 0.5) is 8.78 Å². The van der Waals surface area contributed by atoms with Gasteiger partial charge in [0.15, 0.2) is 0 Å². The molecule has 3 rings (SSSR count).